The van der Waals surface area contributed by atoms with Crippen LogP contribution in [-0.4, -0.2) is 36.3 Å². The number of rotatable bonds is 6. The van der Waals surface area contributed by atoms with Gasteiger partial charge < -0.3 is 10.2 Å². The summed E-state index contributed by atoms with van der Waals surface area (Å²) >= 11 is 6.07. The SMILES string of the molecule is O=C(NCCC1=CCCCC1)C1CC12CCN(C(=O)C1(c3ccc(Cl)cc3)CCC1)CC2. The molecule has 32 heavy (non-hydrogen) atoms. The van der Waals surface area contributed by atoms with Gasteiger partial charge in [0.1, 0.15) is 0 Å². The normalized spacial score (nSPS) is 25.6. The third kappa shape index (κ3) is 4.11. The lowest BCUT2D eigenvalue weighted by Gasteiger charge is -2.46. The summed E-state index contributed by atoms with van der Waals surface area (Å²) in [7, 11) is 0. The lowest BCUT2D eigenvalue weighted by Crippen LogP contribution is -2.53. The Morgan fingerprint density at radius 2 is 1.78 bits per heavy atom. The predicted molar refractivity (Wildman–Crippen MR) is 128 cm³/mol. The highest BCUT2D eigenvalue weighted by Crippen LogP contribution is 2.60. The zero-order valence-electron chi connectivity index (χ0n) is 19.0. The van der Waals surface area contributed by atoms with Crippen LogP contribution >= 0.6 is 11.6 Å². The molecule has 1 atom stereocenters. The van der Waals surface area contributed by atoms with Crippen LogP contribution in [-0.2, 0) is 15.0 Å². The summed E-state index contributed by atoms with van der Waals surface area (Å²) in [6, 6.07) is 7.84. The average Bonchev–Trinajstić information content (AvgIpc) is 3.48. The van der Waals surface area contributed by atoms with Crippen molar-refractivity contribution >= 4 is 23.4 Å². The number of carbonyl (C=O) groups excluding carboxylic acids is 2. The standard InChI is InChI=1S/C27H35ClN2O2/c28-22-9-7-21(8-10-22)27(12-4-13-27)25(32)30-17-14-26(15-18-30)19-23(26)24(31)29-16-11-20-5-2-1-3-6-20/h5,7-10,23H,1-4,6,11-19H2,(H,29,31). The number of hydrogen-bond donors (Lipinski definition) is 1. The molecule has 3 aliphatic carbocycles. The number of piperidine rings is 1. The molecule has 4 nitrogen and oxygen atoms in total. The van der Waals surface area contributed by atoms with Crippen molar-refractivity contribution < 1.29 is 9.59 Å². The fraction of sp³-hybridized carbons (Fsp3) is 0.630. The van der Waals surface area contributed by atoms with E-state index in [4.69, 9.17) is 11.6 Å². The molecule has 2 saturated carbocycles. The van der Waals surface area contributed by atoms with Gasteiger partial charge >= 0.3 is 0 Å². The third-order valence-corrected chi connectivity index (χ3v) is 8.95. The third-order valence-electron chi connectivity index (χ3n) is 8.70. The first kappa shape index (κ1) is 22.0. The van der Waals surface area contributed by atoms with Gasteiger partial charge in [0.25, 0.3) is 0 Å². The second-order valence-corrected chi connectivity index (χ2v) is 10.9. The van der Waals surface area contributed by atoms with Crippen LogP contribution in [0.2, 0.25) is 5.02 Å². The molecule has 1 unspecified atom stereocenters. The Labute approximate surface area is 196 Å². The van der Waals surface area contributed by atoms with E-state index in [1.54, 1.807) is 0 Å². The molecule has 1 spiro atoms. The molecule has 3 fully saturated rings. The number of allylic oxidation sites excluding steroid dienone is 1. The van der Waals surface area contributed by atoms with E-state index >= 15 is 0 Å². The molecule has 1 N–H and O–H groups in total. The molecule has 1 aromatic rings. The fourth-order valence-corrected chi connectivity index (χ4v) is 6.38. The maximum atomic E-state index is 13.5. The Balaban J connectivity index is 1.13. The summed E-state index contributed by atoms with van der Waals surface area (Å²) in [4.78, 5) is 28.3. The van der Waals surface area contributed by atoms with E-state index in [-0.39, 0.29) is 28.6 Å². The number of halogens is 1. The van der Waals surface area contributed by atoms with Crippen molar-refractivity contribution in [2.75, 3.05) is 19.6 Å². The average molecular weight is 455 g/mol. The van der Waals surface area contributed by atoms with Crippen LogP contribution in [0.25, 0.3) is 0 Å². The topological polar surface area (TPSA) is 49.4 Å². The molecule has 1 aromatic carbocycles. The van der Waals surface area contributed by atoms with Gasteiger partial charge in [0, 0.05) is 30.6 Å². The zero-order chi connectivity index (χ0) is 22.2. The van der Waals surface area contributed by atoms with Crippen molar-refractivity contribution in [3.05, 3.63) is 46.5 Å². The molecule has 172 valence electrons. The van der Waals surface area contributed by atoms with E-state index in [2.05, 4.69) is 16.3 Å². The van der Waals surface area contributed by atoms with Gasteiger partial charge in [-0.25, -0.2) is 0 Å². The molecule has 0 aromatic heterocycles. The van der Waals surface area contributed by atoms with Crippen molar-refractivity contribution in [1.82, 2.24) is 10.2 Å². The molecule has 1 saturated heterocycles. The fourth-order valence-electron chi connectivity index (χ4n) is 6.26. The molecular weight excluding hydrogens is 420 g/mol. The number of hydrogen-bond acceptors (Lipinski definition) is 2. The van der Waals surface area contributed by atoms with Crippen molar-refractivity contribution in [2.45, 2.75) is 76.0 Å². The van der Waals surface area contributed by atoms with Crippen molar-refractivity contribution in [1.29, 1.82) is 0 Å². The van der Waals surface area contributed by atoms with E-state index in [1.165, 1.54) is 31.3 Å². The molecule has 0 bridgehead atoms. The first-order chi connectivity index (χ1) is 15.5. The molecule has 4 aliphatic rings. The van der Waals surface area contributed by atoms with Crippen LogP contribution in [0.1, 0.15) is 76.2 Å². The summed E-state index contributed by atoms with van der Waals surface area (Å²) in [5.74, 6) is 0.662. The summed E-state index contributed by atoms with van der Waals surface area (Å²) in [5.41, 5.74) is 2.40. The highest BCUT2D eigenvalue weighted by molar-refractivity contribution is 6.30. The minimum absolute atomic E-state index is 0.137. The van der Waals surface area contributed by atoms with Crippen LogP contribution in [0.15, 0.2) is 35.9 Å². The number of nitrogens with one attached hydrogen (secondary N) is 1. The van der Waals surface area contributed by atoms with Crippen molar-refractivity contribution in [3.63, 3.8) is 0 Å². The lowest BCUT2D eigenvalue weighted by molar-refractivity contribution is -0.142. The predicted octanol–water partition coefficient (Wildman–Crippen LogP) is 5.40. The summed E-state index contributed by atoms with van der Waals surface area (Å²) in [6.45, 7) is 2.33. The second-order valence-electron chi connectivity index (χ2n) is 10.5. The van der Waals surface area contributed by atoms with Crippen LogP contribution in [0.5, 0.6) is 0 Å². The summed E-state index contributed by atoms with van der Waals surface area (Å²) in [5, 5.41) is 3.91. The largest absolute Gasteiger partial charge is 0.356 e. The van der Waals surface area contributed by atoms with Crippen molar-refractivity contribution in [2.24, 2.45) is 11.3 Å². The molecule has 5 rings (SSSR count). The van der Waals surface area contributed by atoms with Crippen molar-refractivity contribution in [3.8, 4) is 0 Å². The van der Waals surface area contributed by atoms with Gasteiger partial charge in [-0.2, -0.15) is 0 Å². The van der Waals surface area contributed by atoms with E-state index in [9.17, 15) is 9.59 Å². The van der Waals surface area contributed by atoms with E-state index in [0.717, 1.165) is 70.1 Å². The van der Waals surface area contributed by atoms with Gasteiger partial charge in [0.15, 0.2) is 0 Å². The Hall–Kier alpha value is -1.81. The number of amides is 2. The molecular formula is C27H35ClN2O2. The van der Waals surface area contributed by atoms with Gasteiger partial charge in [-0.05, 0) is 87.3 Å². The maximum Gasteiger partial charge on any atom is 0.233 e. The molecule has 2 amide bonds. The first-order valence-electron chi connectivity index (χ1n) is 12.5. The first-order valence-corrected chi connectivity index (χ1v) is 12.9. The van der Waals surface area contributed by atoms with Crippen LogP contribution in [0.3, 0.4) is 0 Å². The maximum absolute atomic E-state index is 13.5. The summed E-state index contributed by atoms with van der Waals surface area (Å²) < 4.78 is 0. The minimum Gasteiger partial charge on any atom is -0.356 e. The van der Waals surface area contributed by atoms with E-state index in [1.807, 2.05) is 24.3 Å². The van der Waals surface area contributed by atoms with Gasteiger partial charge in [0.05, 0.1) is 5.41 Å². The van der Waals surface area contributed by atoms with Gasteiger partial charge in [-0.1, -0.05) is 41.8 Å². The smallest absolute Gasteiger partial charge is 0.233 e. The molecule has 0 radical (unpaired) electrons. The number of likely N-dealkylation sites (tertiary alicyclic amines) is 1. The Kier molecular flexibility index (Phi) is 6.09. The highest BCUT2D eigenvalue weighted by atomic mass is 35.5. The zero-order valence-corrected chi connectivity index (χ0v) is 19.8. The van der Waals surface area contributed by atoms with Gasteiger partial charge in [-0.3, -0.25) is 9.59 Å². The number of benzene rings is 1. The minimum atomic E-state index is -0.358. The van der Waals surface area contributed by atoms with Gasteiger partial charge in [0.2, 0.25) is 11.8 Å². The Bertz CT molecular complexity index is 895. The summed E-state index contributed by atoms with van der Waals surface area (Å²) in [6.07, 6.45) is 14.2. The quantitative estimate of drug-likeness (QED) is 0.585. The second kappa shape index (κ2) is 8.85. The molecule has 1 heterocycles. The van der Waals surface area contributed by atoms with E-state index in [0.29, 0.717) is 5.02 Å². The number of carbonyl (C=O) groups is 2. The van der Waals surface area contributed by atoms with Gasteiger partial charge in [-0.15, -0.1) is 0 Å². The molecule has 5 heteroatoms. The highest BCUT2D eigenvalue weighted by Gasteiger charge is 2.59. The van der Waals surface area contributed by atoms with E-state index < -0.39 is 0 Å². The Morgan fingerprint density at radius 1 is 1.03 bits per heavy atom. The lowest BCUT2D eigenvalue weighted by atomic mass is 9.63. The Morgan fingerprint density at radius 3 is 2.41 bits per heavy atom. The van der Waals surface area contributed by atoms with Crippen LogP contribution in [0.4, 0.5) is 0 Å². The van der Waals surface area contributed by atoms with Crippen LogP contribution < -0.4 is 5.32 Å². The number of nitrogens with zero attached hydrogens (tertiary/aromatic N) is 1. The van der Waals surface area contributed by atoms with Crippen LogP contribution in [0, 0.1) is 11.3 Å². The monoisotopic (exact) mass is 454 g/mol. The molecule has 1 aliphatic heterocycles.